The average molecular weight is 261 g/mol. The Morgan fingerprint density at radius 3 is 2.56 bits per heavy atom. The van der Waals surface area contributed by atoms with Gasteiger partial charge in [-0.2, -0.15) is 0 Å². The Morgan fingerprint density at radius 1 is 1.38 bits per heavy atom. The topological polar surface area (TPSA) is 94.3 Å². The summed E-state index contributed by atoms with van der Waals surface area (Å²) in [5.41, 5.74) is 0.527. The molecule has 5 nitrogen and oxygen atoms in total. The smallest absolute Gasteiger partial charge is 0.225 e. The Hall–Kier alpha value is -0.920. The average Bonchev–Trinajstić information content (AvgIpc) is 2.37. The molecule has 1 aromatic carbocycles. The maximum Gasteiger partial charge on any atom is 0.239 e. The van der Waals surface area contributed by atoms with Crippen LogP contribution in [0.25, 0.3) is 0 Å². The van der Waals surface area contributed by atoms with Crippen molar-refractivity contribution in [3.05, 3.63) is 23.8 Å². The Morgan fingerprint density at radius 2 is 2.00 bits per heavy atom. The first kappa shape index (κ1) is 11.6. The number of benzene rings is 1. The molecule has 0 spiro atoms. The summed E-state index contributed by atoms with van der Waals surface area (Å²) < 4.78 is 46.5. The first-order valence-corrected chi connectivity index (χ1v) is 7.72. The van der Waals surface area contributed by atoms with Crippen LogP contribution in [-0.2, 0) is 26.3 Å². The van der Waals surface area contributed by atoms with Crippen molar-refractivity contribution < 1.29 is 16.8 Å². The standard InChI is InChI=1S/C9H11NO4S2/c1-6-5-7-3-2-4-8(16(10,13)14)9(7)15(6,11)12/h2-4,6H,5H2,1H3,(H2,10,13,14). The van der Waals surface area contributed by atoms with Crippen molar-refractivity contribution in [1.82, 2.24) is 0 Å². The molecular weight excluding hydrogens is 250 g/mol. The summed E-state index contributed by atoms with van der Waals surface area (Å²) in [6.45, 7) is 1.56. The Kier molecular flexibility index (Phi) is 2.37. The van der Waals surface area contributed by atoms with Gasteiger partial charge in [-0.1, -0.05) is 12.1 Å². The van der Waals surface area contributed by atoms with Crippen LogP contribution in [-0.4, -0.2) is 22.1 Å². The highest BCUT2D eigenvalue weighted by Crippen LogP contribution is 2.35. The molecule has 1 aromatic rings. The zero-order valence-electron chi connectivity index (χ0n) is 8.54. The highest BCUT2D eigenvalue weighted by Gasteiger charge is 2.38. The normalized spacial score (nSPS) is 23.0. The predicted molar refractivity (Wildman–Crippen MR) is 58.2 cm³/mol. The largest absolute Gasteiger partial charge is 0.239 e. The summed E-state index contributed by atoms with van der Waals surface area (Å²) >= 11 is 0. The number of primary sulfonamides is 1. The van der Waals surface area contributed by atoms with Crippen LogP contribution in [0.5, 0.6) is 0 Å². The van der Waals surface area contributed by atoms with Crippen molar-refractivity contribution in [2.45, 2.75) is 28.4 Å². The fourth-order valence-corrected chi connectivity index (χ4v) is 4.91. The lowest BCUT2D eigenvalue weighted by Crippen LogP contribution is -2.18. The van der Waals surface area contributed by atoms with E-state index in [4.69, 9.17) is 5.14 Å². The van der Waals surface area contributed by atoms with Crippen LogP contribution < -0.4 is 5.14 Å². The van der Waals surface area contributed by atoms with Crippen molar-refractivity contribution >= 4 is 19.9 Å². The van der Waals surface area contributed by atoms with E-state index >= 15 is 0 Å². The first-order valence-electron chi connectivity index (χ1n) is 4.63. The van der Waals surface area contributed by atoms with Crippen molar-refractivity contribution in [2.75, 3.05) is 0 Å². The van der Waals surface area contributed by atoms with Crippen LogP contribution in [0, 0.1) is 0 Å². The molecule has 1 atom stereocenters. The number of sulfone groups is 1. The Labute approximate surface area is 94.2 Å². The van der Waals surface area contributed by atoms with Gasteiger partial charge in [0.2, 0.25) is 10.0 Å². The van der Waals surface area contributed by atoms with Gasteiger partial charge in [0.25, 0.3) is 0 Å². The fourth-order valence-electron chi connectivity index (χ4n) is 1.89. The van der Waals surface area contributed by atoms with E-state index in [1.165, 1.54) is 12.1 Å². The molecule has 0 radical (unpaired) electrons. The lowest BCUT2D eigenvalue weighted by Gasteiger charge is -2.06. The fraction of sp³-hybridized carbons (Fsp3) is 0.333. The molecule has 0 aromatic heterocycles. The van der Waals surface area contributed by atoms with Gasteiger partial charge in [0.05, 0.1) is 10.1 Å². The van der Waals surface area contributed by atoms with Gasteiger partial charge in [-0.25, -0.2) is 22.0 Å². The minimum absolute atomic E-state index is 0.120. The van der Waals surface area contributed by atoms with E-state index in [-0.39, 0.29) is 9.79 Å². The van der Waals surface area contributed by atoms with Crippen LogP contribution >= 0.6 is 0 Å². The van der Waals surface area contributed by atoms with Crippen molar-refractivity contribution in [2.24, 2.45) is 5.14 Å². The second kappa shape index (κ2) is 3.28. The van der Waals surface area contributed by atoms with Gasteiger partial charge >= 0.3 is 0 Å². The molecule has 16 heavy (non-hydrogen) atoms. The summed E-state index contributed by atoms with van der Waals surface area (Å²) in [7, 11) is -7.56. The third kappa shape index (κ3) is 1.55. The number of nitrogens with two attached hydrogens (primary N) is 1. The molecule has 1 aliphatic rings. The second-order valence-electron chi connectivity index (χ2n) is 3.85. The van der Waals surface area contributed by atoms with E-state index in [1.54, 1.807) is 13.0 Å². The Bertz CT molecular complexity index is 646. The molecule has 1 aliphatic heterocycles. The maximum absolute atomic E-state index is 11.9. The number of rotatable bonds is 1. The lowest BCUT2D eigenvalue weighted by atomic mass is 10.1. The van der Waals surface area contributed by atoms with E-state index in [0.29, 0.717) is 12.0 Å². The minimum Gasteiger partial charge on any atom is -0.225 e. The van der Waals surface area contributed by atoms with Gasteiger partial charge in [0.1, 0.15) is 4.90 Å². The maximum atomic E-state index is 11.9. The number of sulfonamides is 1. The summed E-state index contributed by atoms with van der Waals surface area (Å²) in [6.07, 6.45) is 0.334. The van der Waals surface area contributed by atoms with E-state index < -0.39 is 25.1 Å². The van der Waals surface area contributed by atoms with Crippen molar-refractivity contribution in [1.29, 1.82) is 0 Å². The van der Waals surface area contributed by atoms with Gasteiger partial charge in [-0.05, 0) is 25.0 Å². The molecule has 0 aliphatic carbocycles. The number of hydrogen-bond donors (Lipinski definition) is 1. The lowest BCUT2D eigenvalue weighted by molar-refractivity contribution is 0.582. The second-order valence-corrected chi connectivity index (χ2v) is 7.68. The quantitative estimate of drug-likeness (QED) is 0.773. The van der Waals surface area contributed by atoms with Gasteiger partial charge < -0.3 is 0 Å². The summed E-state index contributed by atoms with van der Waals surface area (Å²) in [5.74, 6) is 0. The van der Waals surface area contributed by atoms with Crippen LogP contribution in [0.1, 0.15) is 12.5 Å². The molecule has 1 unspecified atom stereocenters. The van der Waals surface area contributed by atoms with Gasteiger partial charge in [0.15, 0.2) is 9.84 Å². The van der Waals surface area contributed by atoms with Crippen LogP contribution in [0.15, 0.2) is 28.0 Å². The molecule has 0 saturated heterocycles. The minimum atomic E-state index is -4.00. The van der Waals surface area contributed by atoms with E-state index in [9.17, 15) is 16.8 Å². The molecule has 0 bridgehead atoms. The molecular formula is C9H11NO4S2. The molecule has 0 fully saturated rings. The summed E-state index contributed by atoms with van der Waals surface area (Å²) in [4.78, 5) is -0.417. The van der Waals surface area contributed by atoms with Gasteiger partial charge in [-0.15, -0.1) is 0 Å². The van der Waals surface area contributed by atoms with Crippen molar-refractivity contribution in [3.8, 4) is 0 Å². The molecule has 0 saturated carbocycles. The molecule has 0 amide bonds. The zero-order chi connectivity index (χ0) is 12.1. The van der Waals surface area contributed by atoms with Crippen LogP contribution in [0.3, 0.4) is 0 Å². The molecule has 2 N–H and O–H groups in total. The van der Waals surface area contributed by atoms with Crippen LogP contribution in [0.4, 0.5) is 0 Å². The number of fused-ring (bicyclic) bond motifs is 1. The number of hydrogen-bond acceptors (Lipinski definition) is 4. The SMILES string of the molecule is CC1Cc2cccc(S(N)(=O)=O)c2S1(=O)=O. The third-order valence-corrected chi connectivity index (χ3v) is 6.05. The van der Waals surface area contributed by atoms with E-state index in [2.05, 4.69) is 0 Å². The van der Waals surface area contributed by atoms with Gasteiger partial charge in [-0.3, -0.25) is 0 Å². The predicted octanol–water partition coefficient (Wildman–Crippen LogP) is 0.0523. The molecule has 1 heterocycles. The highest BCUT2D eigenvalue weighted by atomic mass is 32.2. The van der Waals surface area contributed by atoms with E-state index in [1.807, 2.05) is 0 Å². The monoisotopic (exact) mass is 261 g/mol. The molecule has 2 rings (SSSR count). The summed E-state index contributed by atoms with van der Waals surface area (Å²) in [5, 5.41) is 4.41. The molecule has 7 heteroatoms. The third-order valence-electron chi connectivity index (χ3n) is 2.69. The summed E-state index contributed by atoms with van der Waals surface area (Å²) in [6, 6.07) is 4.35. The molecule has 88 valence electrons. The van der Waals surface area contributed by atoms with Crippen molar-refractivity contribution in [3.63, 3.8) is 0 Å². The van der Waals surface area contributed by atoms with Crippen LogP contribution in [0.2, 0.25) is 0 Å². The highest BCUT2D eigenvalue weighted by molar-refractivity contribution is 7.94. The van der Waals surface area contributed by atoms with E-state index in [0.717, 1.165) is 0 Å². The Balaban J connectivity index is 2.88. The zero-order valence-corrected chi connectivity index (χ0v) is 10.2. The van der Waals surface area contributed by atoms with Gasteiger partial charge in [0, 0.05) is 0 Å². The first-order chi connectivity index (χ1) is 7.24.